The van der Waals surface area contributed by atoms with Crippen LogP contribution in [0.3, 0.4) is 0 Å². The Kier molecular flexibility index (Phi) is 5.48. The van der Waals surface area contributed by atoms with Gasteiger partial charge in [0, 0.05) is 44.3 Å². The molecule has 1 amide bonds. The van der Waals surface area contributed by atoms with Gasteiger partial charge in [0.25, 0.3) is 15.9 Å². The van der Waals surface area contributed by atoms with Crippen molar-refractivity contribution in [1.29, 1.82) is 0 Å². The van der Waals surface area contributed by atoms with E-state index in [4.69, 9.17) is 0 Å². The van der Waals surface area contributed by atoms with E-state index in [9.17, 15) is 13.2 Å². The number of amides is 1. The number of benzene rings is 2. The van der Waals surface area contributed by atoms with E-state index in [1.165, 1.54) is 30.0 Å². The molecule has 2 fully saturated rings. The van der Waals surface area contributed by atoms with Crippen LogP contribution in [0.5, 0.6) is 0 Å². The Bertz CT molecular complexity index is 1070. The highest BCUT2D eigenvalue weighted by Gasteiger charge is 2.32. The molecule has 0 unspecified atom stereocenters. The fraction of sp³-hybridized carbons (Fsp3) is 0.458. The average molecular weight is 440 g/mol. The summed E-state index contributed by atoms with van der Waals surface area (Å²) in [5, 5.41) is 0. The summed E-state index contributed by atoms with van der Waals surface area (Å²) in [5.74, 6) is -0.0788. The molecule has 31 heavy (non-hydrogen) atoms. The minimum absolute atomic E-state index is 0.0788. The monoisotopic (exact) mass is 439 g/mol. The van der Waals surface area contributed by atoms with Gasteiger partial charge in [-0.15, -0.1) is 0 Å². The van der Waals surface area contributed by atoms with E-state index in [0.29, 0.717) is 37.7 Å². The Labute approximate surface area is 184 Å². The van der Waals surface area contributed by atoms with E-state index in [0.717, 1.165) is 24.3 Å². The number of anilines is 1. The van der Waals surface area contributed by atoms with Crippen LogP contribution in [-0.2, 0) is 16.4 Å². The van der Waals surface area contributed by atoms with Crippen molar-refractivity contribution in [2.24, 2.45) is 0 Å². The number of nitrogens with zero attached hydrogens (tertiary/aromatic N) is 3. The van der Waals surface area contributed by atoms with Gasteiger partial charge in [-0.25, -0.2) is 8.42 Å². The second-order valence-corrected chi connectivity index (χ2v) is 10.6. The molecule has 0 aromatic heterocycles. The lowest BCUT2D eigenvalue weighted by Crippen LogP contribution is -2.51. The maximum Gasteiger partial charge on any atom is 0.264 e. The summed E-state index contributed by atoms with van der Waals surface area (Å²) >= 11 is 0. The molecule has 0 radical (unpaired) electrons. The number of hydrogen-bond acceptors (Lipinski definition) is 4. The van der Waals surface area contributed by atoms with Gasteiger partial charge in [-0.3, -0.25) is 14.0 Å². The maximum absolute atomic E-state index is 13.3. The number of fused-ring (bicyclic) bond motifs is 1. The third-order valence-corrected chi connectivity index (χ3v) is 8.77. The van der Waals surface area contributed by atoms with Crippen LogP contribution in [0, 0.1) is 0 Å². The summed E-state index contributed by atoms with van der Waals surface area (Å²) in [4.78, 5) is 17.7. The first-order chi connectivity index (χ1) is 15.0. The first-order valence-corrected chi connectivity index (χ1v) is 12.7. The Morgan fingerprint density at radius 3 is 2.39 bits per heavy atom. The van der Waals surface area contributed by atoms with Gasteiger partial charge in [-0.05, 0) is 49.1 Å². The molecular weight excluding hydrogens is 410 g/mol. The highest BCUT2D eigenvalue weighted by molar-refractivity contribution is 7.92. The second-order valence-electron chi connectivity index (χ2n) is 8.75. The van der Waals surface area contributed by atoms with E-state index < -0.39 is 10.0 Å². The summed E-state index contributed by atoms with van der Waals surface area (Å²) in [7, 11) is -3.70. The van der Waals surface area contributed by atoms with Crippen LogP contribution in [0.15, 0.2) is 53.4 Å². The summed E-state index contributed by atoms with van der Waals surface area (Å²) < 4.78 is 28.1. The molecular formula is C24H29N3O3S. The summed E-state index contributed by atoms with van der Waals surface area (Å²) in [6.45, 7) is 3.64. The summed E-state index contributed by atoms with van der Waals surface area (Å²) in [6.07, 6.45) is 5.87. The normalized spacial score (nSPS) is 20.3. The first kappa shape index (κ1) is 20.5. The predicted octanol–water partition coefficient (Wildman–Crippen LogP) is 3.14. The van der Waals surface area contributed by atoms with Gasteiger partial charge >= 0.3 is 0 Å². The van der Waals surface area contributed by atoms with Crippen molar-refractivity contribution >= 4 is 21.6 Å². The van der Waals surface area contributed by atoms with Crippen LogP contribution in [0.1, 0.15) is 41.6 Å². The van der Waals surface area contributed by atoms with Crippen molar-refractivity contribution in [3.05, 3.63) is 59.7 Å². The lowest BCUT2D eigenvalue weighted by Gasteiger charge is -2.38. The van der Waals surface area contributed by atoms with E-state index >= 15 is 0 Å². The van der Waals surface area contributed by atoms with Crippen LogP contribution in [-0.4, -0.2) is 62.9 Å². The van der Waals surface area contributed by atoms with Gasteiger partial charge in [0.1, 0.15) is 0 Å². The minimum atomic E-state index is -3.70. The van der Waals surface area contributed by atoms with Gasteiger partial charge in [0.2, 0.25) is 0 Å². The van der Waals surface area contributed by atoms with Crippen LogP contribution in [0.25, 0.3) is 0 Å². The summed E-state index contributed by atoms with van der Waals surface area (Å²) in [5.41, 5.74) is 2.23. The fourth-order valence-corrected chi connectivity index (χ4v) is 6.77. The number of carbonyl (C=O) groups is 1. The van der Waals surface area contributed by atoms with Crippen molar-refractivity contribution in [2.75, 3.05) is 37.0 Å². The molecule has 3 aliphatic rings. The molecule has 1 saturated heterocycles. The Hall–Kier alpha value is -2.38. The van der Waals surface area contributed by atoms with Gasteiger partial charge in [0.05, 0.1) is 10.6 Å². The highest BCUT2D eigenvalue weighted by atomic mass is 32.2. The van der Waals surface area contributed by atoms with Crippen molar-refractivity contribution in [3.63, 3.8) is 0 Å². The van der Waals surface area contributed by atoms with E-state index in [1.807, 2.05) is 29.2 Å². The molecule has 0 atom stereocenters. The predicted molar refractivity (Wildman–Crippen MR) is 121 cm³/mol. The van der Waals surface area contributed by atoms with Crippen LogP contribution in [0.4, 0.5) is 5.69 Å². The lowest BCUT2D eigenvalue weighted by molar-refractivity contribution is 0.0573. The zero-order valence-electron chi connectivity index (χ0n) is 17.7. The minimum Gasteiger partial charge on any atom is -0.336 e. The molecule has 2 aromatic carbocycles. The lowest BCUT2D eigenvalue weighted by atomic mass is 10.1. The molecule has 0 bridgehead atoms. The SMILES string of the molecule is O=C(c1cccc(S(=O)(=O)N2CCc3ccccc32)c1)N1CCN(C2CCCC2)CC1. The number of sulfonamides is 1. The van der Waals surface area contributed by atoms with E-state index in [2.05, 4.69) is 4.90 Å². The first-order valence-electron chi connectivity index (χ1n) is 11.3. The van der Waals surface area contributed by atoms with Gasteiger partial charge in [-0.2, -0.15) is 0 Å². The largest absolute Gasteiger partial charge is 0.336 e. The van der Waals surface area contributed by atoms with E-state index in [1.54, 1.807) is 24.3 Å². The Morgan fingerprint density at radius 1 is 0.871 bits per heavy atom. The van der Waals surface area contributed by atoms with Crippen molar-refractivity contribution < 1.29 is 13.2 Å². The van der Waals surface area contributed by atoms with Crippen LogP contribution >= 0.6 is 0 Å². The fourth-order valence-electron chi connectivity index (χ4n) is 5.22. The van der Waals surface area contributed by atoms with Crippen LogP contribution < -0.4 is 4.31 Å². The molecule has 0 N–H and O–H groups in total. The Morgan fingerprint density at radius 2 is 1.61 bits per heavy atom. The van der Waals surface area contributed by atoms with Crippen molar-refractivity contribution in [1.82, 2.24) is 9.80 Å². The second kappa shape index (κ2) is 8.28. The number of para-hydroxylation sites is 1. The quantitative estimate of drug-likeness (QED) is 0.734. The van der Waals surface area contributed by atoms with Crippen molar-refractivity contribution in [2.45, 2.75) is 43.0 Å². The molecule has 164 valence electrons. The van der Waals surface area contributed by atoms with Crippen LogP contribution in [0.2, 0.25) is 0 Å². The Balaban J connectivity index is 1.32. The van der Waals surface area contributed by atoms with Gasteiger partial charge in [-0.1, -0.05) is 37.1 Å². The molecule has 6 nitrogen and oxygen atoms in total. The number of rotatable bonds is 4. The third kappa shape index (κ3) is 3.85. The third-order valence-electron chi connectivity index (χ3n) is 6.96. The number of carbonyl (C=O) groups excluding carboxylic acids is 1. The molecule has 2 aromatic rings. The zero-order chi connectivity index (χ0) is 21.4. The average Bonchev–Trinajstić information content (AvgIpc) is 3.49. The highest BCUT2D eigenvalue weighted by Crippen LogP contribution is 2.33. The molecule has 5 rings (SSSR count). The summed E-state index contributed by atoms with van der Waals surface area (Å²) in [6, 6.07) is 14.8. The smallest absolute Gasteiger partial charge is 0.264 e. The maximum atomic E-state index is 13.3. The number of hydrogen-bond donors (Lipinski definition) is 0. The molecule has 2 aliphatic heterocycles. The van der Waals surface area contributed by atoms with Gasteiger partial charge in [0.15, 0.2) is 0 Å². The number of piperazine rings is 1. The topological polar surface area (TPSA) is 60.9 Å². The molecule has 2 heterocycles. The van der Waals surface area contributed by atoms with Gasteiger partial charge < -0.3 is 4.90 Å². The molecule has 0 spiro atoms. The van der Waals surface area contributed by atoms with E-state index in [-0.39, 0.29) is 10.8 Å². The molecule has 7 heteroatoms. The molecule has 1 aliphatic carbocycles. The van der Waals surface area contributed by atoms with Crippen molar-refractivity contribution in [3.8, 4) is 0 Å². The standard InChI is InChI=1S/C24H29N3O3S/c28-24(26-16-14-25(15-17-26)21-8-2-3-9-21)20-7-5-10-22(18-20)31(29,30)27-13-12-19-6-1-4-11-23(19)27/h1,4-7,10-11,18,21H,2-3,8-9,12-17H2. The molecule has 1 saturated carbocycles. The zero-order valence-corrected chi connectivity index (χ0v) is 18.6.